The van der Waals surface area contributed by atoms with Crippen LogP contribution in [0.2, 0.25) is 0 Å². The van der Waals surface area contributed by atoms with Gasteiger partial charge in [0.25, 0.3) is 0 Å². The van der Waals surface area contributed by atoms with Crippen LogP contribution >= 0.6 is 0 Å². The summed E-state index contributed by atoms with van der Waals surface area (Å²) >= 11 is 0. The third-order valence-corrected chi connectivity index (χ3v) is 3.37. The Labute approximate surface area is 94.5 Å². The molecule has 16 heavy (non-hydrogen) atoms. The van der Waals surface area contributed by atoms with Crippen molar-refractivity contribution in [3.8, 4) is 5.75 Å². The van der Waals surface area contributed by atoms with Gasteiger partial charge in [-0.05, 0) is 12.5 Å². The summed E-state index contributed by atoms with van der Waals surface area (Å²) in [7, 11) is -2.30. The van der Waals surface area contributed by atoms with Gasteiger partial charge in [-0.15, -0.1) is 0 Å². The Morgan fingerprint density at radius 1 is 1.38 bits per heavy atom. The fraction of sp³-hybridized carbons (Fsp3) is 0.400. The van der Waals surface area contributed by atoms with Crippen molar-refractivity contribution in [1.82, 2.24) is 4.72 Å². The predicted molar refractivity (Wildman–Crippen MR) is 58.4 cm³/mol. The van der Waals surface area contributed by atoms with E-state index in [1.54, 1.807) is 0 Å². The second-order valence-corrected chi connectivity index (χ2v) is 4.99. The first-order valence-electron chi connectivity index (χ1n) is 4.84. The summed E-state index contributed by atoms with van der Waals surface area (Å²) in [6.07, 6.45) is 0.672. The Balaban J connectivity index is 3.07. The van der Waals surface area contributed by atoms with E-state index in [9.17, 15) is 12.8 Å². The standard InChI is InChI=1S/C10H14FNO3S/c1-3-4-12-16(13,14)10-6-8(11)5-9(7-10)15-2/h5-7,12H,3-4H2,1-2H3. The highest BCUT2D eigenvalue weighted by molar-refractivity contribution is 7.89. The number of hydrogen-bond acceptors (Lipinski definition) is 3. The number of sulfonamides is 1. The van der Waals surface area contributed by atoms with E-state index in [0.29, 0.717) is 13.0 Å². The first-order valence-corrected chi connectivity index (χ1v) is 6.32. The number of hydrogen-bond donors (Lipinski definition) is 1. The van der Waals surface area contributed by atoms with Gasteiger partial charge in [0.15, 0.2) is 0 Å². The van der Waals surface area contributed by atoms with Crippen molar-refractivity contribution in [2.75, 3.05) is 13.7 Å². The van der Waals surface area contributed by atoms with Crippen molar-refractivity contribution in [2.24, 2.45) is 0 Å². The molecule has 0 unspecified atom stereocenters. The molecule has 0 spiro atoms. The number of nitrogens with one attached hydrogen (secondary N) is 1. The van der Waals surface area contributed by atoms with E-state index < -0.39 is 15.8 Å². The first kappa shape index (κ1) is 12.9. The maximum Gasteiger partial charge on any atom is 0.240 e. The van der Waals surface area contributed by atoms with Crippen molar-refractivity contribution in [1.29, 1.82) is 0 Å². The zero-order chi connectivity index (χ0) is 12.2. The molecule has 0 amide bonds. The second kappa shape index (κ2) is 5.27. The average molecular weight is 247 g/mol. The topological polar surface area (TPSA) is 55.4 Å². The van der Waals surface area contributed by atoms with Gasteiger partial charge in [-0.1, -0.05) is 6.92 Å². The van der Waals surface area contributed by atoms with Crippen molar-refractivity contribution in [2.45, 2.75) is 18.2 Å². The highest BCUT2D eigenvalue weighted by Gasteiger charge is 2.15. The van der Waals surface area contributed by atoms with E-state index in [4.69, 9.17) is 4.74 Å². The Hall–Kier alpha value is -1.14. The van der Waals surface area contributed by atoms with Crippen LogP contribution in [0.1, 0.15) is 13.3 Å². The molecule has 1 aromatic rings. The molecule has 0 radical (unpaired) electrons. The van der Waals surface area contributed by atoms with Crippen LogP contribution in [0, 0.1) is 5.82 Å². The lowest BCUT2D eigenvalue weighted by molar-refractivity contribution is 0.409. The third kappa shape index (κ3) is 3.18. The van der Waals surface area contributed by atoms with Crippen LogP contribution in [-0.2, 0) is 10.0 Å². The number of ether oxygens (including phenoxy) is 1. The van der Waals surface area contributed by atoms with Crippen LogP contribution in [0.5, 0.6) is 5.75 Å². The third-order valence-electron chi connectivity index (χ3n) is 1.93. The molecule has 0 aliphatic heterocycles. The fourth-order valence-electron chi connectivity index (χ4n) is 1.13. The molecule has 1 rings (SSSR count). The lowest BCUT2D eigenvalue weighted by Crippen LogP contribution is -2.24. The van der Waals surface area contributed by atoms with E-state index in [2.05, 4.69) is 4.72 Å². The molecular formula is C10H14FNO3S. The summed E-state index contributed by atoms with van der Waals surface area (Å²) in [5.74, 6) is -0.465. The largest absolute Gasteiger partial charge is 0.497 e. The van der Waals surface area contributed by atoms with Crippen LogP contribution in [0.15, 0.2) is 23.1 Å². The predicted octanol–water partition coefficient (Wildman–Crippen LogP) is 1.52. The van der Waals surface area contributed by atoms with E-state index in [-0.39, 0.29) is 10.6 Å². The highest BCUT2D eigenvalue weighted by Crippen LogP contribution is 2.19. The molecule has 0 heterocycles. The molecule has 4 nitrogen and oxygen atoms in total. The second-order valence-electron chi connectivity index (χ2n) is 3.22. The lowest BCUT2D eigenvalue weighted by atomic mass is 10.3. The summed E-state index contributed by atoms with van der Waals surface area (Å²) in [5, 5.41) is 0. The van der Waals surface area contributed by atoms with Gasteiger partial charge in [-0.25, -0.2) is 17.5 Å². The molecule has 0 saturated heterocycles. The first-order chi connectivity index (χ1) is 7.49. The minimum absolute atomic E-state index is 0.127. The molecule has 0 aromatic heterocycles. The molecule has 6 heteroatoms. The molecule has 0 bridgehead atoms. The van der Waals surface area contributed by atoms with Crippen molar-refractivity contribution in [3.05, 3.63) is 24.0 Å². The van der Waals surface area contributed by atoms with Crippen molar-refractivity contribution in [3.63, 3.8) is 0 Å². The summed E-state index contributed by atoms with van der Waals surface area (Å²) in [4.78, 5) is -0.127. The monoisotopic (exact) mass is 247 g/mol. The number of rotatable bonds is 5. The molecule has 0 fully saturated rings. The van der Waals surface area contributed by atoms with E-state index in [1.165, 1.54) is 13.2 Å². The molecule has 1 N–H and O–H groups in total. The van der Waals surface area contributed by atoms with Crippen molar-refractivity contribution >= 4 is 10.0 Å². The Bertz CT molecular complexity index is 459. The zero-order valence-corrected chi connectivity index (χ0v) is 9.97. The van der Waals surface area contributed by atoms with Gasteiger partial charge in [0.1, 0.15) is 11.6 Å². The smallest absolute Gasteiger partial charge is 0.240 e. The highest BCUT2D eigenvalue weighted by atomic mass is 32.2. The molecule has 0 aliphatic rings. The number of benzene rings is 1. The lowest BCUT2D eigenvalue weighted by Gasteiger charge is -2.07. The molecule has 0 saturated carbocycles. The van der Waals surface area contributed by atoms with E-state index in [0.717, 1.165) is 12.1 Å². The van der Waals surface area contributed by atoms with Gasteiger partial charge in [0, 0.05) is 18.7 Å². The normalized spacial score (nSPS) is 11.4. The van der Waals surface area contributed by atoms with Crippen LogP contribution < -0.4 is 9.46 Å². The molecule has 1 aromatic carbocycles. The van der Waals surface area contributed by atoms with Crippen LogP contribution in [0.25, 0.3) is 0 Å². The zero-order valence-electron chi connectivity index (χ0n) is 9.16. The molecular weight excluding hydrogens is 233 g/mol. The molecule has 0 aliphatic carbocycles. The maximum absolute atomic E-state index is 13.1. The number of halogens is 1. The maximum atomic E-state index is 13.1. The van der Waals surface area contributed by atoms with Crippen LogP contribution in [0.3, 0.4) is 0 Å². The quantitative estimate of drug-likeness (QED) is 0.858. The van der Waals surface area contributed by atoms with Gasteiger partial charge in [-0.2, -0.15) is 0 Å². The summed E-state index contributed by atoms with van der Waals surface area (Å²) in [5.41, 5.74) is 0. The summed E-state index contributed by atoms with van der Waals surface area (Å²) in [6.45, 7) is 2.16. The SMILES string of the molecule is CCCNS(=O)(=O)c1cc(F)cc(OC)c1. The minimum atomic E-state index is -3.65. The van der Waals surface area contributed by atoms with Gasteiger partial charge in [-0.3, -0.25) is 0 Å². The molecule has 90 valence electrons. The summed E-state index contributed by atoms with van der Waals surface area (Å²) < 4.78 is 43.6. The van der Waals surface area contributed by atoms with Gasteiger partial charge >= 0.3 is 0 Å². The Morgan fingerprint density at radius 2 is 2.06 bits per heavy atom. The van der Waals surface area contributed by atoms with Gasteiger partial charge in [0.2, 0.25) is 10.0 Å². The summed E-state index contributed by atoms with van der Waals surface area (Å²) in [6, 6.07) is 3.36. The molecule has 0 atom stereocenters. The van der Waals surface area contributed by atoms with Crippen molar-refractivity contribution < 1.29 is 17.5 Å². The fourth-order valence-corrected chi connectivity index (χ4v) is 2.31. The van der Waals surface area contributed by atoms with E-state index >= 15 is 0 Å². The Morgan fingerprint density at radius 3 is 2.62 bits per heavy atom. The number of methoxy groups -OCH3 is 1. The van der Waals surface area contributed by atoms with Crippen LogP contribution in [-0.4, -0.2) is 22.1 Å². The average Bonchev–Trinajstić information content (AvgIpc) is 2.25. The van der Waals surface area contributed by atoms with Gasteiger partial charge in [0.05, 0.1) is 12.0 Å². The van der Waals surface area contributed by atoms with Gasteiger partial charge < -0.3 is 4.74 Å². The Kier molecular flexibility index (Phi) is 4.26. The van der Waals surface area contributed by atoms with E-state index in [1.807, 2.05) is 6.92 Å². The van der Waals surface area contributed by atoms with Crippen LogP contribution in [0.4, 0.5) is 4.39 Å². The minimum Gasteiger partial charge on any atom is -0.497 e.